The molecule has 4 aromatic carbocycles. The van der Waals surface area contributed by atoms with Gasteiger partial charge in [-0.05, 0) is 201 Å². The van der Waals surface area contributed by atoms with Gasteiger partial charge in [0.25, 0.3) is 0 Å². The van der Waals surface area contributed by atoms with Crippen LogP contribution in [0.4, 0.5) is 5.69 Å². The number of ketones is 1. The molecule has 0 radical (unpaired) electrons. The van der Waals surface area contributed by atoms with Crippen molar-refractivity contribution in [1.29, 1.82) is 0 Å². The van der Waals surface area contributed by atoms with Crippen LogP contribution in [-0.2, 0) is 9.53 Å². The number of likely N-dealkylation sites (N-methyl/N-ethyl adjacent to an activating group) is 2. The van der Waals surface area contributed by atoms with Gasteiger partial charge in [-0.15, -0.1) is 0 Å². The van der Waals surface area contributed by atoms with Crippen LogP contribution in [-0.4, -0.2) is 165 Å². The lowest BCUT2D eigenvalue weighted by molar-refractivity contribution is -0.117. The van der Waals surface area contributed by atoms with Crippen molar-refractivity contribution in [3.05, 3.63) is 208 Å². The summed E-state index contributed by atoms with van der Waals surface area (Å²) in [4.78, 5) is 56.9. The van der Waals surface area contributed by atoms with E-state index in [1.165, 1.54) is 40.9 Å². The molecule has 0 bridgehead atoms. The summed E-state index contributed by atoms with van der Waals surface area (Å²) in [6.07, 6.45) is 14.1. The van der Waals surface area contributed by atoms with E-state index in [0.29, 0.717) is 104 Å². The second kappa shape index (κ2) is 34.3. The molecule has 4 aliphatic rings. The van der Waals surface area contributed by atoms with Crippen molar-refractivity contribution < 1.29 is 53.1 Å². The zero-order chi connectivity index (χ0) is 70.9. The van der Waals surface area contributed by atoms with Crippen molar-refractivity contribution in [3.8, 4) is 34.5 Å². The number of ether oxygens (including phenoxy) is 5. The molecule has 8 heterocycles. The highest BCUT2D eigenvalue weighted by atomic mass is 16.5. The number of anilines is 1. The summed E-state index contributed by atoms with van der Waals surface area (Å²) >= 11 is 0. The van der Waals surface area contributed by atoms with Gasteiger partial charge in [-0.1, -0.05) is 49.1 Å². The first-order valence-corrected chi connectivity index (χ1v) is 33.5. The number of hydrogen-bond donors (Lipinski definition) is 2. The predicted octanol–water partition coefficient (Wildman–Crippen LogP) is 13.4. The van der Waals surface area contributed by atoms with Gasteiger partial charge in [-0.2, -0.15) is 15.3 Å². The molecule has 99 heavy (non-hydrogen) atoms. The third-order valence-electron chi connectivity index (χ3n) is 17.5. The minimum absolute atomic E-state index is 0.0271. The molecule has 12 rings (SSSR count). The molecule has 1 fully saturated rings. The van der Waals surface area contributed by atoms with E-state index >= 15 is 0 Å². The lowest BCUT2D eigenvalue weighted by Crippen LogP contribution is -2.37. The first-order chi connectivity index (χ1) is 47.7. The quantitative estimate of drug-likeness (QED) is 0.0448. The Balaban J connectivity index is 0.000000154. The van der Waals surface area contributed by atoms with Crippen molar-refractivity contribution in [2.75, 3.05) is 84.8 Å². The van der Waals surface area contributed by atoms with E-state index in [0.717, 1.165) is 84.6 Å². The molecule has 1 saturated heterocycles. The first kappa shape index (κ1) is 73.0. The number of aldehydes is 2. The normalized spacial score (nSPS) is 15.6. The number of amides is 1. The largest absolute Gasteiger partial charge is 0.507 e. The Morgan fingerprint density at radius 2 is 1.06 bits per heavy atom. The van der Waals surface area contributed by atoms with Crippen LogP contribution in [0.15, 0.2) is 157 Å². The van der Waals surface area contributed by atoms with E-state index in [-0.39, 0.29) is 41.4 Å². The Labute approximate surface area is 580 Å². The maximum absolute atomic E-state index is 12.2. The minimum Gasteiger partial charge on any atom is -0.507 e. The highest BCUT2D eigenvalue weighted by molar-refractivity contribution is 5.99. The van der Waals surface area contributed by atoms with Crippen molar-refractivity contribution in [2.45, 2.75) is 106 Å². The van der Waals surface area contributed by atoms with Crippen molar-refractivity contribution in [3.63, 3.8) is 0 Å². The second-order valence-corrected chi connectivity index (χ2v) is 25.8. The maximum atomic E-state index is 12.2. The summed E-state index contributed by atoms with van der Waals surface area (Å²) in [6.45, 7) is 28.1. The van der Waals surface area contributed by atoms with Gasteiger partial charge < -0.3 is 38.8 Å². The fourth-order valence-electron chi connectivity index (χ4n) is 12.6. The number of phenolic OH excluding ortho intramolecular Hbond substituents is 2. The molecule has 1 atom stereocenters. The van der Waals surface area contributed by atoms with Crippen LogP contribution in [0.2, 0.25) is 0 Å². The van der Waals surface area contributed by atoms with Gasteiger partial charge in [0, 0.05) is 75.5 Å². The number of aryl methyl sites for hydroxylation is 2. The van der Waals surface area contributed by atoms with E-state index < -0.39 is 0 Å². The summed E-state index contributed by atoms with van der Waals surface area (Å²) in [6, 6.07) is 31.9. The molecule has 4 aliphatic heterocycles. The summed E-state index contributed by atoms with van der Waals surface area (Å²) in [5, 5.41) is 33.1. The number of rotatable bonds is 23. The highest BCUT2D eigenvalue weighted by Crippen LogP contribution is 2.36. The molecular formula is C78H92N10O11. The van der Waals surface area contributed by atoms with Gasteiger partial charge in [-0.25, -0.2) is 0 Å². The van der Waals surface area contributed by atoms with Crippen LogP contribution in [0.5, 0.6) is 34.5 Å². The van der Waals surface area contributed by atoms with Crippen LogP contribution in [0.25, 0.3) is 22.8 Å². The van der Waals surface area contributed by atoms with Gasteiger partial charge in [0.15, 0.2) is 18.4 Å². The molecular weight excluding hydrogens is 1250 g/mol. The Kier molecular flexibility index (Phi) is 25.3. The number of carbonyl (C=O) groups is 4. The van der Waals surface area contributed by atoms with Crippen LogP contribution >= 0.6 is 0 Å². The maximum Gasteiger partial charge on any atom is 0.227 e. The molecule has 0 unspecified atom stereocenters. The molecule has 21 nitrogen and oxygen atoms in total. The lowest BCUT2D eigenvalue weighted by atomic mass is 10.0. The SMILES string of the molecule is C=Cc1c(O)cccc1OCC1=C(c2ccnn2C(C)C)CCOC1.CC(=O)c1c(O)cccc1OC[C@@H]1CCC(=O)N1c1cccnc1.Cc1cccc(OCC2=C(c3ccnn3C(C)C)CN(C)C2)c1C=O.Cc1cccc(OCC2=C(c3ccnn3C(C)C)CN(C)C2)c1C=O. The fourth-order valence-corrected chi connectivity index (χ4v) is 12.6. The first-order valence-electron chi connectivity index (χ1n) is 33.5. The number of Topliss-reactive ketones (excluding diaryl/α,β-unsaturated/α-hetero) is 1. The molecule has 2 N–H and O–H groups in total. The van der Waals surface area contributed by atoms with Crippen LogP contribution < -0.4 is 23.8 Å². The summed E-state index contributed by atoms with van der Waals surface area (Å²) in [7, 11) is 4.21. The number of aromatic hydroxyl groups is 2. The Morgan fingerprint density at radius 3 is 1.54 bits per heavy atom. The lowest BCUT2D eigenvalue weighted by Gasteiger charge is -2.25. The number of nitrogens with zero attached hydrogens (tertiary/aromatic N) is 10. The van der Waals surface area contributed by atoms with E-state index in [2.05, 4.69) is 114 Å². The number of aromatic nitrogens is 7. The number of carbonyl (C=O) groups excluding carboxylic acids is 4. The molecule has 0 aliphatic carbocycles. The zero-order valence-corrected chi connectivity index (χ0v) is 58.7. The van der Waals surface area contributed by atoms with Crippen LogP contribution in [0.3, 0.4) is 0 Å². The van der Waals surface area contributed by atoms with E-state index in [9.17, 15) is 29.4 Å². The standard InChI is InChI=1S/2C20H25N3O2.C20H24N2O3.C18H18N2O4/c2*1-14(2)23-19(8-9-21-23)17-11-22(4)10-16(17)13-25-20-7-5-6-15(3)18(20)12-24;1-4-16-19(23)6-5-7-20(16)25-13-15-12-24-11-9-17(15)18-8-10-21-22(18)14(2)3;1-12(21)18-15(22)5-2-6-16(18)24-11-14-7-8-17(23)20(14)13-4-3-9-19-10-13/h2*5-9,12,14H,10-11,13H2,1-4H3;4-8,10,14,23H,1,9,11-13H2,2-3H3;2-6,9-10,14,22H,7-8,11H2,1H3/t;;;14-/m...0/s1. The van der Waals surface area contributed by atoms with E-state index in [4.69, 9.17) is 23.7 Å². The summed E-state index contributed by atoms with van der Waals surface area (Å²) < 4.78 is 35.6. The van der Waals surface area contributed by atoms with E-state index in [1.807, 2.05) is 91.7 Å². The van der Waals surface area contributed by atoms with Crippen LogP contribution in [0, 0.1) is 13.8 Å². The van der Waals surface area contributed by atoms with Crippen molar-refractivity contribution >= 4 is 52.7 Å². The molecule has 21 heteroatoms. The molecule has 0 saturated carbocycles. The predicted molar refractivity (Wildman–Crippen MR) is 385 cm³/mol. The highest BCUT2D eigenvalue weighted by Gasteiger charge is 2.34. The third-order valence-corrected chi connectivity index (χ3v) is 17.5. The second-order valence-electron chi connectivity index (χ2n) is 25.8. The average Bonchev–Trinajstić information content (AvgIpc) is 1.72. The molecule has 4 aromatic heterocycles. The van der Waals surface area contributed by atoms with Crippen LogP contribution in [0.1, 0.15) is 151 Å². The topological polar surface area (TPSA) is 231 Å². The number of pyridine rings is 1. The van der Waals surface area contributed by atoms with Crippen molar-refractivity contribution in [2.24, 2.45) is 0 Å². The number of hydrogen-bond acceptors (Lipinski definition) is 17. The van der Waals surface area contributed by atoms with Gasteiger partial charge in [0.2, 0.25) is 5.91 Å². The monoisotopic (exact) mass is 1340 g/mol. The molecule has 520 valence electrons. The summed E-state index contributed by atoms with van der Waals surface area (Å²) in [5.41, 5.74) is 15.4. The van der Waals surface area contributed by atoms with Gasteiger partial charge in [0.1, 0.15) is 66.5 Å². The van der Waals surface area contributed by atoms with E-state index in [1.54, 1.807) is 53.7 Å². The molecule has 8 aromatic rings. The Hall–Kier alpha value is -10.2. The van der Waals surface area contributed by atoms with Crippen molar-refractivity contribution in [1.82, 2.24) is 44.1 Å². The third kappa shape index (κ3) is 17.9. The number of phenols is 2. The molecule has 0 spiro atoms. The Morgan fingerprint density at radius 1 is 0.586 bits per heavy atom. The smallest absolute Gasteiger partial charge is 0.227 e. The molecule has 1 amide bonds. The van der Waals surface area contributed by atoms with Gasteiger partial charge >= 0.3 is 0 Å². The fraction of sp³-hybridized carbons (Fsp3) is 0.359. The average molecular weight is 1350 g/mol. The number of benzene rings is 4. The Bertz CT molecular complexity index is 4100. The zero-order valence-electron chi connectivity index (χ0n) is 58.7. The van der Waals surface area contributed by atoms with Gasteiger partial charge in [-0.3, -0.25) is 48.0 Å². The minimum atomic E-state index is -0.269. The summed E-state index contributed by atoms with van der Waals surface area (Å²) in [5.74, 6) is 2.06. The van der Waals surface area contributed by atoms with Gasteiger partial charge in [0.05, 0.1) is 64.9 Å².